The van der Waals surface area contributed by atoms with Crippen molar-refractivity contribution in [3.05, 3.63) is 65.2 Å². The molecule has 0 heterocycles. The van der Waals surface area contributed by atoms with Crippen molar-refractivity contribution in [1.82, 2.24) is 4.90 Å². The maximum Gasteiger partial charge on any atom is 0.253 e. The van der Waals surface area contributed by atoms with E-state index >= 15 is 0 Å². The molecule has 1 N–H and O–H groups in total. The predicted octanol–water partition coefficient (Wildman–Crippen LogP) is 3.03. The van der Waals surface area contributed by atoms with Crippen molar-refractivity contribution in [2.45, 2.75) is 26.5 Å². The first-order chi connectivity index (χ1) is 13.2. The normalized spacial score (nSPS) is 11.1. The van der Waals surface area contributed by atoms with Gasteiger partial charge in [0.25, 0.3) is 5.91 Å². The van der Waals surface area contributed by atoms with Gasteiger partial charge in [0.15, 0.2) is 9.84 Å². The van der Waals surface area contributed by atoms with Crippen molar-refractivity contribution in [2.75, 3.05) is 24.2 Å². The molecule has 0 aliphatic rings. The fraction of sp³-hybridized carbons (Fsp3) is 0.333. The highest BCUT2D eigenvalue weighted by molar-refractivity contribution is 7.91. The number of rotatable bonds is 8. The van der Waals surface area contributed by atoms with Crippen LogP contribution in [0.4, 0.5) is 5.69 Å². The van der Waals surface area contributed by atoms with Gasteiger partial charge in [-0.3, -0.25) is 9.59 Å². The van der Waals surface area contributed by atoms with E-state index in [9.17, 15) is 18.0 Å². The molecule has 6 nitrogen and oxygen atoms in total. The molecule has 2 aromatic rings. The number of hydrogen-bond acceptors (Lipinski definition) is 4. The molecule has 2 amide bonds. The van der Waals surface area contributed by atoms with Crippen molar-refractivity contribution < 1.29 is 18.0 Å². The highest BCUT2D eigenvalue weighted by Gasteiger charge is 2.19. The Morgan fingerprint density at radius 2 is 1.64 bits per heavy atom. The van der Waals surface area contributed by atoms with Gasteiger partial charge in [-0.15, -0.1) is 0 Å². The van der Waals surface area contributed by atoms with E-state index in [0.29, 0.717) is 29.9 Å². The molecule has 28 heavy (non-hydrogen) atoms. The molecule has 0 aliphatic heterocycles. The Bertz CT molecular complexity index is 933. The molecule has 0 saturated carbocycles. The zero-order valence-electron chi connectivity index (χ0n) is 16.4. The smallest absolute Gasteiger partial charge is 0.253 e. The van der Waals surface area contributed by atoms with Crippen LogP contribution in [0.2, 0.25) is 0 Å². The molecule has 2 rings (SSSR count). The van der Waals surface area contributed by atoms with Gasteiger partial charge < -0.3 is 10.2 Å². The van der Waals surface area contributed by atoms with Gasteiger partial charge in [0.05, 0.1) is 5.75 Å². The van der Waals surface area contributed by atoms with Crippen LogP contribution in [0.5, 0.6) is 0 Å². The van der Waals surface area contributed by atoms with Crippen LogP contribution in [-0.4, -0.2) is 44.0 Å². The molecule has 150 valence electrons. The minimum atomic E-state index is -3.67. The lowest BCUT2D eigenvalue weighted by Gasteiger charge is -2.18. The Morgan fingerprint density at radius 3 is 2.25 bits per heavy atom. The van der Waals surface area contributed by atoms with Crippen molar-refractivity contribution in [1.29, 1.82) is 0 Å². The number of carbonyl (C=O) groups is 2. The second-order valence-electron chi connectivity index (χ2n) is 6.62. The molecular weight excluding hydrogens is 376 g/mol. The Balaban J connectivity index is 2.05. The van der Waals surface area contributed by atoms with Gasteiger partial charge in [-0.25, -0.2) is 8.42 Å². The number of hydrogen-bond donors (Lipinski definition) is 1. The lowest BCUT2D eigenvalue weighted by molar-refractivity contribution is -0.113. The summed E-state index contributed by atoms with van der Waals surface area (Å²) in [4.78, 5) is 26.2. The number of sulfone groups is 1. The van der Waals surface area contributed by atoms with Gasteiger partial charge in [-0.05, 0) is 50.6 Å². The summed E-state index contributed by atoms with van der Waals surface area (Å²) in [6, 6.07) is 13.7. The summed E-state index contributed by atoms with van der Waals surface area (Å²) in [5.74, 6) is -1.64. The minimum absolute atomic E-state index is 0.138. The molecule has 0 atom stereocenters. The summed E-state index contributed by atoms with van der Waals surface area (Å²) in [6.45, 7) is 6.87. The Kier molecular flexibility index (Phi) is 7.34. The number of amides is 2. The van der Waals surface area contributed by atoms with Gasteiger partial charge >= 0.3 is 0 Å². The molecule has 0 bridgehead atoms. The van der Waals surface area contributed by atoms with Gasteiger partial charge in [-0.1, -0.05) is 29.8 Å². The largest absolute Gasteiger partial charge is 0.339 e. The maximum atomic E-state index is 12.4. The van der Waals surface area contributed by atoms with Gasteiger partial charge in [0.2, 0.25) is 5.91 Å². The van der Waals surface area contributed by atoms with Crippen LogP contribution in [0.1, 0.15) is 35.3 Å². The first kappa shape index (κ1) is 21.6. The second kappa shape index (κ2) is 9.50. The number of anilines is 1. The second-order valence-corrected chi connectivity index (χ2v) is 8.69. The molecular formula is C21H26N2O4S. The SMILES string of the molecule is CCN(CC)C(=O)c1cccc(CS(=O)(=O)CC(=O)Nc2ccc(C)cc2)c1. The summed E-state index contributed by atoms with van der Waals surface area (Å²) in [5, 5.41) is 2.59. The zero-order valence-corrected chi connectivity index (χ0v) is 17.3. The van der Waals surface area contributed by atoms with E-state index in [1.54, 1.807) is 41.3 Å². The summed E-state index contributed by atoms with van der Waals surface area (Å²) in [7, 11) is -3.67. The summed E-state index contributed by atoms with van der Waals surface area (Å²) >= 11 is 0. The number of carbonyl (C=O) groups excluding carboxylic acids is 2. The molecule has 7 heteroatoms. The lowest BCUT2D eigenvalue weighted by Crippen LogP contribution is -2.30. The van der Waals surface area contributed by atoms with Crippen LogP contribution in [-0.2, 0) is 20.4 Å². The fourth-order valence-electron chi connectivity index (χ4n) is 2.83. The minimum Gasteiger partial charge on any atom is -0.339 e. The summed E-state index contributed by atoms with van der Waals surface area (Å²) in [6.07, 6.45) is 0. The van der Waals surface area contributed by atoms with Crippen molar-refractivity contribution >= 4 is 27.3 Å². The van der Waals surface area contributed by atoms with Crippen molar-refractivity contribution in [3.8, 4) is 0 Å². The van der Waals surface area contributed by atoms with Crippen LogP contribution in [0.15, 0.2) is 48.5 Å². The van der Waals surface area contributed by atoms with Crippen LogP contribution in [0, 0.1) is 6.92 Å². The molecule has 0 spiro atoms. The standard InChI is InChI=1S/C21H26N2O4S/c1-4-23(5-2)21(25)18-8-6-7-17(13-18)14-28(26,27)15-20(24)22-19-11-9-16(3)10-12-19/h6-13H,4-5,14-15H2,1-3H3,(H,22,24). The van der Waals surface area contributed by atoms with E-state index in [2.05, 4.69) is 5.32 Å². The number of nitrogens with zero attached hydrogens (tertiary/aromatic N) is 1. The third-order valence-corrected chi connectivity index (χ3v) is 5.77. The van der Waals surface area contributed by atoms with Crippen LogP contribution < -0.4 is 5.32 Å². The Hall–Kier alpha value is -2.67. The molecule has 0 aliphatic carbocycles. The van der Waals surface area contributed by atoms with Crippen molar-refractivity contribution in [2.24, 2.45) is 0 Å². The van der Waals surface area contributed by atoms with E-state index in [-0.39, 0.29) is 11.7 Å². The molecule has 2 aromatic carbocycles. The highest BCUT2D eigenvalue weighted by Crippen LogP contribution is 2.13. The quantitative estimate of drug-likeness (QED) is 0.736. The monoisotopic (exact) mass is 402 g/mol. The Morgan fingerprint density at radius 1 is 1.00 bits per heavy atom. The third-order valence-electron chi connectivity index (χ3n) is 4.30. The van der Waals surface area contributed by atoms with E-state index in [4.69, 9.17) is 0 Å². The van der Waals surface area contributed by atoms with Crippen LogP contribution in [0.3, 0.4) is 0 Å². The zero-order chi connectivity index (χ0) is 20.7. The van der Waals surface area contributed by atoms with E-state index < -0.39 is 21.5 Å². The third kappa shape index (κ3) is 6.20. The molecule has 0 radical (unpaired) electrons. The average Bonchev–Trinajstić information content (AvgIpc) is 2.63. The molecule has 0 saturated heterocycles. The number of benzene rings is 2. The molecule has 0 unspecified atom stereocenters. The van der Waals surface area contributed by atoms with Gasteiger partial charge in [-0.2, -0.15) is 0 Å². The fourth-order valence-corrected chi connectivity index (χ4v) is 4.09. The van der Waals surface area contributed by atoms with Crippen LogP contribution in [0.25, 0.3) is 0 Å². The summed E-state index contributed by atoms with van der Waals surface area (Å²) in [5.41, 5.74) is 2.53. The lowest BCUT2D eigenvalue weighted by atomic mass is 10.1. The van der Waals surface area contributed by atoms with Gasteiger partial charge in [0.1, 0.15) is 5.75 Å². The highest BCUT2D eigenvalue weighted by atomic mass is 32.2. The maximum absolute atomic E-state index is 12.4. The number of aryl methyl sites for hydroxylation is 1. The van der Waals surface area contributed by atoms with E-state index in [1.165, 1.54) is 0 Å². The topological polar surface area (TPSA) is 83.6 Å². The van der Waals surface area contributed by atoms with E-state index in [1.807, 2.05) is 32.9 Å². The Labute approximate surface area is 166 Å². The van der Waals surface area contributed by atoms with Crippen molar-refractivity contribution in [3.63, 3.8) is 0 Å². The van der Waals surface area contributed by atoms with Crippen LogP contribution >= 0.6 is 0 Å². The first-order valence-corrected chi connectivity index (χ1v) is 11.0. The van der Waals surface area contributed by atoms with Gasteiger partial charge in [0, 0.05) is 24.3 Å². The summed E-state index contributed by atoms with van der Waals surface area (Å²) < 4.78 is 24.9. The first-order valence-electron chi connectivity index (χ1n) is 9.19. The molecule has 0 aromatic heterocycles. The van der Waals surface area contributed by atoms with E-state index in [0.717, 1.165) is 5.56 Å². The molecule has 0 fully saturated rings. The number of nitrogens with one attached hydrogen (secondary N) is 1. The average molecular weight is 403 g/mol. The predicted molar refractivity (Wildman–Crippen MR) is 111 cm³/mol.